The average Bonchev–Trinajstić information content (AvgIpc) is 3.17. The van der Waals surface area contributed by atoms with Crippen LogP contribution in [-0.4, -0.2) is 51.6 Å². The molecule has 6 fully saturated rings. The predicted molar refractivity (Wildman–Crippen MR) is 121 cm³/mol. The summed E-state index contributed by atoms with van der Waals surface area (Å²) in [5.74, 6) is 2.62. The topological polar surface area (TPSA) is 79.2 Å². The molecule has 2 heterocycles. The summed E-state index contributed by atoms with van der Waals surface area (Å²) in [6.07, 6.45) is 7.07. The van der Waals surface area contributed by atoms with Crippen LogP contribution in [0.1, 0.15) is 85.5 Å². The third-order valence-electron chi connectivity index (χ3n) is 12.1. The highest BCUT2D eigenvalue weighted by molar-refractivity contribution is 5.19. The molecule has 4 unspecified atom stereocenters. The second kappa shape index (κ2) is 6.94. The van der Waals surface area contributed by atoms with Gasteiger partial charge in [-0.25, -0.2) is 0 Å². The monoisotopic (exact) mass is 448 g/mol. The lowest BCUT2D eigenvalue weighted by Gasteiger charge is -2.65. The third kappa shape index (κ3) is 2.64. The Hall–Kier alpha value is -0.200. The van der Waals surface area contributed by atoms with Gasteiger partial charge in [-0.3, -0.25) is 0 Å². The van der Waals surface area contributed by atoms with Crippen LogP contribution in [0.3, 0.4) is 0 Å². The zero-order valence-electron chi connectivity index (χ0n) is 20.4. The van der Waals surface area contributed by atoms with Gasteiger partial charge in [0.2, 0.25) is 0 Å². The minimum absolute atomic E-state index is 0.242. The highest BCUT2D eigenvalue weighted by atomic mass is 16.7. The Morgan fingerprint density at radius 3 is 2.41 bits per heavy atom. The zero-order chi connectivity index (χ0) is 22.7. The van der Waals surface area contributed by atoms with E-state index in [1.165, 1.54) is 6.42 Å². The van der Waals surface area contributed by atoms with Crippen molar-refractivity contribution in [2.45, 2.75) is 115 Å². The number of fused-ring (bicyclic) bond motifs is 7. The first kappa shape index (κ1) is 22.3. The lowest BCUT2D eigenvalue weighted by molar-refractivity contribution is -0.277. The summed E-state index contributed by atoms with van der Waals surface area (Å²) in [5.41, 5.74) is -1.23. The molecule has 0 aromatic carbocycles. The standard InChI is InChI=1S/C27H44O5/c1-15-5-10-27(31-14-15)16(2)23-21(32-27)12-20-18-6-9-26(30)13-17(28)11-22(29)25(26,4)19(18)7-8-24(20,23)3/h15-23,28-30H,5-14H2,1-4H3/t15?,16-,17?,18+,19-,20-,21-,22?,23-,24-,25-,26?,27+/m0/s1. The Bertz CT molecular complexity index is 763. The van der Waals surface area contributed by atoms with Crippen molar-refractivity contribution in [2.24, 2.45) is 46.3 Å². The molecular weight excluding hydrogens is 404 g/mol. The van der Waals surface area contributed by atoms with Crippen molar-refractivity contribution in [1.29, 1.82) is 0 Å². The van der Waals surface area contributed by atoms with Crippen LogP contribution in [-0.2, 0) is 9.47 Å². The van der Waals surface area contributed by atoms with Crippen LogP contribution in [0.2, 0.25) is 0 Å². The van der Waals surface area contributed by atoms with E-state index in [-0.39, 0.29) is 17.3 Å². The van der Waals surface area contributed by atoms with Gasteiger partial charge in [0.05, 0.1) is 30.5 Å². The van der Waals surface area contributed by atoms with Crippen LogP contribution in [0.4, 0.5) is 0 Å². The van der Waals surface area contributed by atoms with E-state index in [9.17, 15) is 15.3 Å². The molecule has 4 aliphatic carbocycles. The van der Waals surface area contributed by atoms with Crippen LogP contribution in [0, 0.1) is 46.3 Å². The van der Waals surface area contributed by atoms with Crippen LogP contribution >= 0.6 is 0 Å². The Morgan fingerprint density at radius 1 is 0.906 bits per heavy atom. The van der Waals surface area contributed by atoms with Crippen molar-refractivity contribution in [2.75, 3.05) is 6.61 Å². The van der Waals surface area contributed by atoms with Gasteiger partial charge < -0.3 is 24.8 Å². The summed E-state index contributed by atoms with van der Waals surface area (Å²) in [4.78, 5) is 0. The van der Waals surface area contributed by atoms with Crippen molar-refractivity contribution < 1.29 is 24.8 Å². The molecule has 0 radical (unpaired) electrons. The molecule has 0 aromatic heterocycles. The number of hydrogen-bond acceptors (Lipinski definition) is 5. The fourth-order valence-corrected chi connectivity index (χ4v) is 10.3. The van der Waals surface area contributed by atoms with Crippen LogP contribution in [0.25, 0.3) is 0 Å². The second-order valence-corrected chi connectivity index (χ2v) is 13.4. The summed E-state index contributed by atoms with van der Waals surface area (Å²) in [7, 11) is 0. The number of hydrogen-bond donors (Lipinski definition) is 3. The SMILES string of the molecule is CC1CC[C@@]2(OC1)O[C@H]1C[C@H]3[C@@H]4CCC5(O)CC(O)CC(O)[C@]5(C)[C@H]4CC[C@]3(C)[C@H]1[C@@H]2C. The second-order valence-electron chi connectivity index (χ2n) is 13.4. The fraction of sp³-hybridized carbons (Fsp3) is 1.00. The number of aliphatic hydroxyl groups excluding tert-OH is 2. The Balaban J connectivity index is 1.29. The molecule has 182 valence electrons. The normalized spacial score (nSPS) is 64.0. The van der Waals surface area contributed by atoms with E-state index >= 15 is 0 Å². The van der Waals surface area contributed by atoms with Gasteiger partial charge in [0, 0.05) is 24.2 Å². The summed E-state index contributed by atoms with van der Waals surface area (Å²) in [6, 6.07) is 0. The lowest BCUT2D eigenvalue weighted by atomic mass is 9.42. The zero-order valence-corrected chi connectivity index (χ0v) is 20.4. The maximum Gasteiger partial charge on any atom is 0.171 e. The quantitative estimate of drug-likeness (QED) is 0.524. The van der Waals surface area contributed by atoms with Crippen molar-refractivity contribution >= 4 is 0 Å². The van der Waals surface area contributed by atoms with Gasteiger partial charge in [0.25, 0.3) is 0 Å². The molecule has 1 spiro atoms. The molecule has 2 saturated heterocycles. The van der Waals surface area contributed by atoms with E-state index in [1.807, 2.05) is 0 Å². The molecule has 5 nitrogen and oxygen atoms in total. The van der Waals surface area contributed by atoms with Gasteiger partial charge in [0.15, 0.2) is 5.79 Å². The Morgan fingerprint density at radius 2 is 1.69 bits per heavy atom. The molecular formula is C27H44O5. The van der Waals surface area contributed by atoms with Crippen LogP contribution in [0.5, 0.6) is 0 Å². The van der Waals surface area contributed by atoms with E-state index in [0.29, 0.717) is 54.8 Å². The lowest BCUT2D eigenvalue weighted by Crippen LogP contribution is -2.68. The van der Waals surface area contributed by atoms with Crippen molar-refractivity contribution in [1.82, 2.24) is 0 Å². The van der Waals surface area contributed by atoms with Gasteiger partial charge in [-0.15, -0.1) is 0 Å². The highest BCUT2D eigenvalue weighted by Gasteiger charge is 2.71. The smallest absolute Gasteiger partial charge is 0.171 e. The molecule has 0 bridgehead atoms. The molecule has 0 aromatic rings. The first-order valence-corrected chi connectivity index (χ1v) is 13.4. The Kier molecular flexibility index (Phi) is 4.83. The van der Waals surface area contributed by atoms with E-state index in [1.54, 1.807) is 0 Å². The van der Waals surface area contributed by atoms with Gasteiger partial charge in [-0.05, 0) is 80.0 Å². The van der Waals surface area contributed by atoms with Gasteiger partial charge in [-0.2, -0.15) is 0 Å². The molecule has 0 amide bonds. The van der Waals surface area contributed by atoms with Crippen molar-refractivity contribution in [3.63, 3.8) is 0 Å². The molecule has 32 heavy (non-hydrogen) atoms. The minimum atomic E-state index is -0.950. The maximum atomic E-state index is 11.7. The fourth-order valence-electron chi connectivity index (χ4n) is 10.3. The maximum absolute atomic E-state index is 11.7. The summed E-state index contributed by atoms with van der Waals surface area (Å²) >= 11 is 0. The molecule has 2 aliphatic heterocycles. The van der Waals surface area contributed by atoms with Crippen molar-refractivity contribution in [3.8, 4) is 0 Å². The number of ether oxygens (including phenoxy) is 2. The average molecular weight is 449 g/mol. The van der Waals surface area contributed by atoms with E-state index in [2.05, 4.69) is 27.7 Å². The minimum Gasteiger partial charge on any atom is -0.393 e. The van der Waals surface area contributed by atoms with E-state index in [0.717, 1.165) is 38.7 Å². The predicted octanol–water partition coefficient (Wildman–Crippen LogP) is 3.88. The van der Waals surface area contributed by atoms with E-state index < -0.39 is 23.2 Å². The summed E-state index contributed by atoms with van der Waals surface area (Å²) in [6.45, 7) is 10.1. The third-order valence-corrected chi connectivity index (χ3v) is 12.1. The molecule has 4 saturated carbocycles. The van der Waals surface area contributed by atoms with Gasteiger partial charge in [-0.1, -0.05) is 27.7 Å². The van der Waals surface area contributed by atoms with Crippen LogP contribution in [0.15, 0.2) is 0 Å². The molecule has 6 rings (SSSR count). The van der Waals surface area contributed by atoms with E-state index in [4.69, 9.17) is 9.47 Å². The summed E-state index contributed by atoms with van der Waals surface area (Å²) < 4.78 is 13.3. The largest absolute Gasteiger partial charge is 0.393 e. The van der Waals surface area contributed by atoms with Gasteiger partial charge >= 0.3 is 0 Å². The van der Waals surface area contributed by atoms with Crippen LogP contribution < -0.4 is 0 Å². The highest BCUT2D eigenvalue weighted by Crippen LogP contribution is 2.71. The van der Waals surface area contributed by atoms with Gasteiger partial charge in [0.1, 0.15) is 0 Å². The Labute approximate surface area is 193 Å². The molecule has 13 atom stereocenters. The first-order valence-electron chi connectivity index (χ1n) is 13.4. The molecule has 3 N–H and O–H groups in total. The number of rotatable bonds is 0. The van der Waals surface area contributed by atoms with Crippen molar-refractivity contribution in [3.05, 3.63) is 0 Å². The molecule has 6 aliphatic rings. The number of aliphatic hydroxyl groups is 3. The molecule has 5 heteroatoms. The summed E-state index contributed by atoms with van der Waals surface area (Å²) in [5, 5.41) is 33.1. The first-order chi connectivity index (χ1) is 15.0.